The Morgan fingerprint density at radius 1 is 0.756 bits per heavy atom. The summed E-state index contributed by atoms with van der Waals surface area (Å²) in [6.07, 6.45) is 3.53. The van der Waals surface area contributed by atoms with Gasteiger partial charge in [0.25, 0.3) is 0 Å². The molecule has 2 fully saturated rings. The van der Waals surface area contributed by atoms with Crippen LogP contribution in [0.4, 0.5) is 15.3 Å². The van der Waals surface area contributed by atoms with E-state index in [9.17, 15) is 9.59 Å². The van der Waals surface area contributed by atoms with Crippen molar-refractivity contribution < 1.29 is 28.5 Å². The van der Waals surface area contributed by atoms with E-state index < -0.39 is 11.2 Å². The fraction of sp³-hybridized carbons (Fsp3) is 0.588. The highest BCUT2D eigenvalue weighted by Gasteiger charge is 2.28. The molecule has 2 amide bonds. The standard InChI is InChI=1S/C17H26N2O3.C10H20N2O2.C7H7BrO/c1-17(2,3)22-16(20)19-11-5-6-14(12-19)18-13-7-9-15(21-4)10-8-13;1-10(2,3)14-9(13)12-6-4-5-8(11)7-12;1-9-7-4-2-6(8)3-5-7/h7-10,14,18H,5-6,11-12H2,1-4H3;8H,4-7,11H2,1-3H3;2-5H,1H3. The second kappa shape index (κ2) is 18.1. The SMILES string of the molecule is CC(C)(C)OC(=O)N1CCCC(N)C1.COc1ccc(Br)cc1.COc1ccc(NC2CCCN(C(=O)OC(C)(C)C)C2)cc1. The zero-order valence-electron chi connectivity index (χ0n) is 28.2. The van der Waals surface area contributed by atoms with E-state index in [-0.39, 0.29) is 24.3 Å². The smallest absolute Gasteiger partial charge is 0.410 e. The summed E-state index contributed by atoms with van der Waals surface area (Å²) in [7, 11) is 3.31. The van der Waals surface area contributed by atoms with E-state index in [0.29, 0.717) is 13.1 Å². The number of likely N-dealkylation sites (tertiary alicyclic amines) is 2. The van der Waals surface area contributed by atoms with E-state index in [4.69, 9.17) is 24.7 Å². The molecule has 0 saturated carbocycles. The van der Waals surface area contributed by atoms with Crippen LogP contribution in [0.25, 0.3) is 0 Å². The maximum Gasteiger partial charge on any atom is 0.410 e. The van der Waals surface area contributed by atoms with Gasteiger partial charge in [-0.1, -0.05) is 15.9 Å². The first-order valence-corrected chi connectivity index (χ1v) is 16.3. The van der Waals surface area contributed by atoms with Crippen molar-refractivity contribution in [2.75, 3.05) is 45.7 Å². The van der Waals surface area contributed by atoms with Gasteiger partial charge < -0.3 is 39.8 Å². The Bertz CT molecular complexity index is 1170. The number of benzene rings is 2. The van der Waals surface area contributed by atoms with Gasteiger partial charge in [0.15, 0.2) is 0 Å². The van der Waals surface area contributed by atoms with Crippen LogP contribution in [0.2, 0.25) is 0 Å². The fourth-order valence-corrected chi connectivity index (χ4v) is 4.85. The summed E-state index contributed by atoms with van der Waals surface area (Å²) in [4.78, 5) is 27.2. The van der Waals surface area contributed by atoms with Gasteiger partial charge in [-0.3, -0.25) is 0 Å². The monoisotopic (exact) mass is 692 g/mol. The van der Waals surface area contributed by atoms with Crippen LogP contribution in [0, 0.1) is 0 Å². The topological polar surface area (TPSA) is 116 Å². The third kappa shape index (κ3) is 15.6. The van der Waals surface area contributed by atoms with Crippen LogP contribution in [0.5, 0.6) is 11.5 Å². The van der Waals surface area contributed by atoms with Gasteiger partial charge in [-0.05, 0) is 116 Å². The Balaban J connectivity index is 0.000000261. The average Bonchev–Trinajstić information content (AvgIpc) is 2.97. The number of amides is 2. The zero-order chi connectivity index (χ0) is 33.6. The van der Waals surface area contributed by atoms with Gasteiger partial charge in [0.05, 0.1) is 14.2 Å². The number of halogens is 1. The van der Waals surface area contributed by atoms with Crippen molar-refractivity contribution in [3.63, 3.8) is 0 Å². The molecular formula is C34H53BrN4O6. The first-order chi connectivity index (χ1) is 21.1. The van der Waals surface area contributed by atoms with Gasteiger partial charge in [-0.25, -0.2) is 9.59 Å². The third-order valence-corrected chi connectivity index (χ3v) is 7.22. The number of carbonyl (C=O) groups excluding carboxylic acids is 2. The minimum absolute atomic E-state index is 0.108. The Morgan fingerprint density at radius 3 is 1.64 bits per heavy atom. The number of anilines is 1. The number of carbonyl (C=O) groups is 2. The van der Waals surface area contributed by atoms with Crippen molar-refractivity contribution >= 4 is 33.8 Å². The second-order valence-electron chi connectivity index (χ2n) is 13.1. The van der Waals surface area contributed by atoms with Crippen molar-refractivity contribution in [3.8, 4) is 11.5 Å². The molecule has 0 aromatic heterocycles. The lowest BCUT2D eigenvalue weighted by molar-refractivity contribution is 0.0193. The molecule has 2 aliphatic rings. The predicted molar refractivity (Wildman–Crippen MR) is 183 cm³/mol. The molecule has 0 radical (unpaired) electrons. The summed E-state index contributed by atoms with van der Waals surface area (Å²) in [6, 6.07) is 15.9. The fourth-order valence-electron chi connectivity index (χ4n) is 4.58. The molecule has 2 aromatic carbocycles. The van der Waals surface area contributed by atoms with Crippen molar-refractivity contribution in [2.45, 2.75) is 90.5 Å². The molecule has 2 heterocycles. The highest BCUT2D eigenvalue weighted by atomic mass is 79.9. The molecule has 45 heavy (non-hydrogen) atoms. The van der Waals surface area contributed by atoms with Crippen molar-refractivity contribution in [1.29, 1.82) is 0 Å². The molecule has 2 aromatic rings. The van der Waals surface area contributed by atoms with Gasteiger partial charge >= 0.3 is 12.2 Å². The Kier molecular flexibility index (Phi) is 15.3. The Hall–Kier alpha value is -3.18. The van der Waals surface area contributed by atoms with E-state index >= 15 is 0 Å². The lowest BCUT2D eigenvalue weighted by Gasteiger charge is -2.34. The molecule has 252 valence electrons. The normalized spacial score (nSPS) is 18.3. The lowest BCUT2D eigenvalue weighted by atomic mass is 10.1. The Labute approximate surface area is 278 Å². The van der Waals surface area contributed by atoms with Gasteiger partial charge in [-0.2, -0.15) is 0 Å². The number of hydrogen-bond acceptors (Lipinski definition) is 8. The highest BCUT2D eigenvalue weighted by molar-refractivity contribution is 9.10. The molecule has 4 rings (SSSR count). The van der Waals surface area contributed by atoms with Crippen LogP contribution < -0.4 is 20.5 Å². The van der Waals surface area contributed by atoms with E-state index in [1.807, 2.05) is 90.1 Å². The number of hydrogen-bond donors (Lipinski definition) is 2. The highest BCUT2D eigenvalue weighted by Crippen LogP contribution is 2.21. The van der Waals surface area contributed by atoms with Crippen LogP contribution in [-0.2, 0) is 9.47 Å². The molecule has 3 N–H and O–H groups in total. The van der Waals surface area contributed by atoms with Crippen molar-refractivity contribution in [1.82, 2.24) is 9.80 Å². The van der Waals surface area contributed by atoms with Crippen LogP contribution >= 0.6 is 15.9 Å². The van der Waals surface area contributed by atoms with Crippen molar-refractivity contribution in [2.24, 2.45) is 5.73 Å². The number of ether oxygens (including phenoxy) is 4. The largest absolute Gasteiger partial charge is 0.497 e. The summed E-state index contributed by atoms with van der Waals surface area (Å²) in [6.45, 7) is 14.1. The molecule has 2 saturated heterocycles. The molecule has 2 aliphatic heterocycles. The summed E-state index contributed by atoms with van der Waals surface area (Å²) >= 11 is 3.32. The molecule has 0 bridgehead atoms. The molecular weight excluding hydrogens is 640 g/mol. The van der Waals surface area contributed by atoms with Gasteiger partial charge in [-0.15, -0.1) is 0 Å². The average molecular weight is 694 g/mol. The maximum absolute atomic E-state index is 12.2. The first kappa shape index (κ1) is 38.0. The summed E-state index contributed by atoms with van der Waals surface area (Å²) in [5.41, 5.74) is 5.95. The minimum atomic E-state index is -0.451. The first-order valence-electron chi connectivity index (χ1n) is 15.5. The number of methoxy groups -OCH3 is 2. The number of nitrogens with two attached hydrogens (primary N) is 1. The molecule has 2 atom stereocenters. The summed E-state index contributed by atoms with van der Waals surface area (Å²) < 4.78 is 21.9. The number of piperidine rings is 2. The minimum Gasteiger partial charge on any atom is -0.497 e. The molecule has 2 unspecified atom stereocenters. The second-order valence-corrected chi connectivity index (χ2v) is 14.0. The van der Waals surface area contributed by atoms with Crippen LogP contribution in [0.1, 0.15) is 67.2 Å². The van der Waals surface area contributed by atoms with E-state index in [2.05, 4.69) is 21.2 Å². The molecule has 11 heteroatoms. The van der Waals surface area contributed by atoms with E-state index in [1.54, 1.807) is 24.0 Å². The van der Waals surface area contributed by atoms with Crippen LogP contribution in [-0.4, -0.2) is 85.7 Å². The number of rotatable bonds is 4. The van der Waals surface area contributed by atoms with E-state index in [0.717, 1.165) is 60.4 Å². The van der Waals surface area contributed by atoms with Gasteiger partial charge in [0, 0.05) is 48.4 Å². The zero-order valence-corrected chi connectivity index (χ0v) is 29.8. The number of nitrogens with zero attached hydrogens (tertiary/aromatic N) is 2. The van der Waals surface area contributed by atoms with Crippen LogP contribution in [0.3, 0.4) is 0 Å². The molecule has 10 nitrogen and oxygen atoms in total. The third-order valence-electron chi connectivity index (χ3n) is 6.69. The van der Waals surface area contributed by atoms with Gasteiger partial charge in [0.2, 0.25) is 0 Å². The molecule has 0 spiro atoms. The quantitative estimate of drug-likeness (QED) is 0.343. The van der Waals surface area contributed by atoms with Crippen molar-refractivity contribution in [3.05, 3.63) is 53.0 Å². The number of nitrogens with one attached hydrogen (secondary N) is 1. The predicted octanol–water partition coefficient (Wildman–Crippen LogP) is 7.31. The maximum atomic E-state index is 12.2. The van der Waals surface area contributed by atoms with E-state index in [1.165, 1.54) is 0 Å². The lowest BCUT2D eigenvalue weighted by Crippen LogP contribution is -2.47. The van der Waals surface area contributed by atoms with Crippen LogP contribution in [0.15, 0.2) is 53.0 Å². The summed E-state index contributed by atoms with van der Waals surface area (Å²) in [5, 5.41) is 3.47. The Morgan fingerprint density at radius 2 is 1.20 bits per heavy atom. The summed E-state index contributed by atoms with van der Waals surface area (Å²) in [5.74, 6) is 1.72. The molecule has 0 aliphatic carbocycles. The van der Waals surface area contributed by atoms with Gasteiger partial charge in [0.1, 0.15) is 22.7 Å².